The zero-order valence-corrected chi connectivity index (χ0v) is 16.3. The van der Waals surface area contributed by atoms with E-state index in [0.717, 1.165) is 17.7 Å². The van der Waals surface area contributed by atoms with Crippen LogP contribution in [0.5, 0.6) is 0 Å². The summed E-state index contributed by atoms with van der Waals surface area (Å²) in [5, 5.41) is 6.15. The lowest BCUT2D eigenvalue weighted by molar-refractivity contribution is -0.137. The van der Waals surface area contributed by atoms with Crippen LogP contribution in [-0.2, 0) is 16.4 Å². The van der Waals surface area contributed by atoms with E-state index in [1.54, 1.807) is 12.1 Å². The minimum atomic E-state index is -4.41. The number of amides is 2. The highest BCUT2D eigenvalue weighted by molar-refractivity contribution is 5.96. The van der Waals surface area contributed by atoms with Crippen LogP contribution in [0.2, 0.25) is 0 Å². The lowest BCUT2D eigenvalue weighted by Gasteiger charge is -2.19. The van der Waals surface area contributed by atoms with Crippen LogP contribution in [0.4, 0.5) is 13.2 Å². The number of hydrogen-bond acceptors (Lipinski definition) is 3. The van der Waals surface area contributed by atoms with Crippen LogP contribution in [0, 0.1) is 0 Å². The van der Waals surface area contributed by atoms with Crippen LogP contribution >= 0.6 is 0 Å². The Labute approximate surface area is 167 Å². The Morgan fingerprint density at radius 2 is 1.48 bits per heavy atom. The van der Waals surface area contributed by atoms with Crippen molar-refractivity contribution in [2.75, 3.05) is 6.54 Å². The monoisotopic (exact) mass is 405 g/mol. The van der Waals surface area contributed by atoms with Gasteiger partial charge in [0.05, 0.1) is 18.3 Å². The van der Waals surface area contributed by atoms with E-state index in [9.17, 15) is 22.8 Å². The molecule has 0 fully saturated rings. The van der Waals surface area contributed by atoms with E-state index in [2.05, 4.69) is 36.6 Å². The second-order valence-corrected chi connectivity index (χ2v) is 7.42. The molecule has 0 saturated heterocycles. The maximum Gasteiger partial charge on any atom is 0.416 e. The molecule has 0 aliphatic heterocycles. The van der Waals surface area contributed by atoms with Crippen LogP contribution in [-0.4, -0.2) is 24.6 Å². The summed E-state index contributed by atoms with van der Waals surface area (Å²) in [4.78, 5) is 23.8. The number of nitrogens with one attached hydrogen (secondary N) is 2. The molecule has 0 spiro atoms. The molecule has 2 aromatic carbocycles. The van der Waals surface area contributed by atoms with Gasteiger partial charge in [0.15, 0.2) is 0 Å². The number of carbonyl (C=O) groups excluding carboxylic acids is 2. The van der Waals surface area contributed by atoms with E-state index < -0.39 is 23.6 Å². The maximum atomic E-state index is 12.5. The van der Waals surface area contributed by atoms with Crippen molar-refractivity contribution in [3.63, 3.8) is 0 Å². The van der Waals surface area contributed by atoms with Crippen molar-refractivity contribution in [1.82, 2.24) is 10.7 Å². The van der Waals surface area contributed by atoms with Gasteiger partial charge in [0.2, 0.25) is 0 Å². The first kappa shape index (κ1) is 22.1. The zero-order valence-electron chi connectivity index (χ0n) is 16.3. The molecule has 154 valence electrons. The molecule has 5 nitrogen and oxygen atoms in total. The predicted molar refractivity (Wildman–Crippen MR) is 105 cm³/mol. The first-order valence-corrected chi connectivity index (χ1v) is 8.85. The van der Waals surface area contributed by atoms with E-state index in [0.29, 0.717) is 11.1 Å². The molecule has 2 rings (SSSR count). The lowest BCUT2D eigenvalue weighted by Crippen LogP contribution is -2.34. The molecule has 0 heterocycles. The molecule has 2 aromatic rings. The molecule has 0 aliphatic rings. The summed E-state index contributed by atoms with van der Waals surface area (Å²) < 4.78 is 37.5. The third-order valence-corrected chi connectivity index (χ3v) is 4.06. The van der Waals surface area contributed by atoms with Gasteiger partial charge in [-0.2, -0.15) is 18.3 Å². The van der Waals surface area contributed by atoms with Crippen LogP contribution in [0.15, 0.2) is 53.6 Å². The molecule has 2 N–H and O–H groups in total. The topological polar surface area (TPSA) is 70.6 Å². The van der Waals surface area contributed by atoms with Gasteiger partial charge in [-0.1, -0.05) is 45.0 Å². The van der Waals surface area contributed by atoms with Gasteiger partial charge >= 0.3 is 6.18 Å². The third kappa shape index (κ3) is 6.74. The van der Waals surface area contributed by atoms with Crippen LogP contribution in [0.3, 0.4) is 0 Å². The van der Waals surface area contributed by atoms with Crippen LogP contribution in [0.1, 0.15) is 47.8 Å². The minimum absolute atomic E-state index is 0.0278. The molecule has 0 bridgehead atoms. The summed E-state index contributed by atoms with van der Waals surface area (Å²) in [6.07, 6.45) is -3.19. The Bertz CT molecular complexity index is 881. The summed E-state index contributed by atoms with van der Waals surface area (Å²) in [7, 11) is 0. The smallest absolute Gasteiger partial charge is 0.343 e. The fourth-order valence-corrected chi connectivity index (χ4v) is 2.36. The Kier molecular flexibility index (Phi) is 6.79. The molecule has 0 unspecified atom stereocenters. The second kappa shape index (κ2) is 8.89. The molecule has 0 aliphatic carbocycles. The summed E-state index contributed by atoms with van der Waals surface area (Å²) in [6, 6.07) is 11.4. The quantitative estimate of drug-likeness (QED) is 0.585. The SMILES string of the molecule is CC(C)(C)c1ccc(C(=O)NCC(=O)N/N=C\c2ccc(C(F)(F)F)cc2)cc1. The molecule has 2 amide bonds. The minimum Gasteiger partial charge on any atom is -0.343 e. The van der Waals surface area contributed by atoms with Crippen molar-refractivity contribution in [1.29, 1.82) is 0 Å². The predicted octanol–water partition coefficient (Wildman–Crippen LogP) is 3.88. The van der Waals surface area contributed by atoms with Crippen molar-refractivity contribution >= 4 is 18.0 Å². The van der Waals surface area contributed by atoms with Gasteiger partial charge in [0.25, 0.3) is 11.8 Å². The van der Waals surface area contributed by atoms with Gasteiger partial charge < -0.3 is 5.32 Å². The largest absolute Gasteiger partial charge is 0.416 e. The van der Waals surface area contributed by atoms with E-state index in [1.807, 2.05) is 12.1 Å². The molecule has 29 heavy (non-hydrogen) atoms. The Balaban J connectivity index is 1.82. The van der Waals surface area contributed by atoms with Gasteiger partial charge in [-0.05, 0) is 40.8 Å². The second-order valence-electron chi connectivity index (χ2n) is 7.42. The third-order valence-electron chi connectivity index (χ3n) is 4.06. The van der Waals surface area contributed by atoms with Crippen LogP contribution < -0.4 is 10.7 Å². The molecule has 0 aromatic heterocycles. The number of halogens is 3. The van der Waals surface area contributed by atoms with Crippen molar-refractivity contribution in [2.24, 2.45) is 5.10 Å². The lowest BCUT2D eigenvalue weighted by atomic mass is 9.87. The molecule has 0 atom stereocenters. The first-order valence-electron chi connectivity index (χ1n) is 8.85. The number of nitrogens with zero attached hydrogens (tertiary/aromatic N) is 1. The summed E-state index contributed by atoms with van der Waals surface area (Å²) in [5.74, 6) is -0.958. The number of benzene rings is 2. The fraction of sp³-hybridized carbons (Fsp3) is 0.286. The van der Waals surface area contributed by atoms with Crippen LogP contribution in [0.25, 0.3) is 0 Å². The van der Waals surface area contributed by atoms with E-state index in [-0.39, 0.29) is 12.0 Å². The number of carbonyl (C=O) groups is 2. The molecular weight excluding hydrogens is 383 g/mol. The Morgan fingerprint density at radius 3 is 2.00 bits per heavy atom. The molecule has 0 saturated carbocycles. The van der Waals surface area contributed by atoms with Gasteiger partial charge in [0, 0.05) is 5.56 Å². The summed E-state index contributed by atoms with van der Waals surface area (Å²) in [5.41, 5.74) is 3.32. The number of alkyl halides is 3. The normalized spacial score (nSPS) is 12.1. The maximum absolute atomic E-state index is 12.5. The fourth-order valence-electron chi connectivity index (χ4n) is 2.36. The molecule has 0 radical (unpaired) electrons. The molecule has 8 heteroatoms. The number of hydrazone groups is 1. The van der Waals surface area contributed by atoms with Gasteiger partial charge in [-0.25, -0.2) is 5.43 Å². The average Bonchev–Trinajstić information content (AvgIpc) is 2.65. The average molecular weight is 405 g/mol. The Hall–Kier alpha value is -3.16. The van der Waals surface area contributed by atoms with Gasteiger partial charge in [-0.15, -0.1) is 0 Å². The van der Waals surface area contributed by atoms with Crippen molar-refractivity contribution in [3.8, 4) is 0 Å². The van der Waals surface area contributed by atoms with Gasteiger partial charge in [-0.3, -0.25) is 9.59 Å². The van der Waals surface area contributed by atoms with Crippen molar-refractivity contribution in [2.45, 2.75) is 32.4 Å². The first-order chi connectivity index (χ1) is 13.5. The summed E-state index contributed by atoms with van der Waals surface area (Å²) in [6.45, 7) is 5.91. The number of hydrogen-bond donors (Lipinski definition) is 2. The molecular formula is C21H22F3N3O2. The highest BCUT2D eigenvalue weighted by Gasteiger charge is 2.29. The highest BCUT2D eigenvalue weighted by atomic mass is 19.4. The summed E-state index contributed by atoms with van der Waals surface area (Å²) >= 11 is 0. The van der Waals surface area contributed by atoms with E-state index in [1.165, 1.54) is 18.3 Å². The highest BCUT2D eigenvalue weighted by Crippen LogP contribution is 2.28. The van der Waals surface area contributed by atoms with Gasteiger partial charge in [0.1, 0.15) is 0 Å². The standard InChI is InChI=1S/C21H22F3N3O2/c1-20(2,3)16-10-6-15(7-11-16)19(29)25-13-18(28)27-26-12-14-4-8-17(9-5-14)21(22,23)24/h4-12H,13H2,1-3H3,(H,25,29)(H,27,28)/b26-12-. The van der Waals surface area contributed by atoms with Crippen molar-refractivity contribution < 1.29 is 22.8 Å². The van der Waals surface area contributed by atoms with E-state index in [4.69, 9.17) is 0 Å². The number of rotatable bonds is 5. The van der Waals surface area contributed by atoms with E-state index >= 15 is 0 Å². The zero-order chi connectivity index (χ0) is 21.7. The Morgan fingerprint density at radius 1 is 0.931 bits per heavy atom. The van der Waals surface area contributed by atoms with Crippen molar-refractivity contribution in [3.05, 3.63) is 70.8 Å².